The van der Waals surface area contributed by atoms with Gasteiger partial charge in [-0.05, 0) is 85.6 Å². The first kappa shape index (κ1) is 23.8. The molecule has 0 saturated heterocycles. The largest absolute Gasteiger partial charge is 0.309 e. The summed E-state index contributed by atoms with van der Waals surface area (Å²) in [5.74, 6) is 0. The Labute approximate surface area is 244 Å². The van der Waals surface area contributed by atoms with Crippen LogP contribution in [0.3, 0.4) is 0 Å². The Kier molecular flexibility index (Phi) is 4.73. The van der Waals surface area contributed by atoms with Crippen LogP contribution in [0.4, 0.5) is 11.4 Å². The second-order valence-corrected chi connectivity index (χ2v) is 14.0. The summed E-state index contributed by atoms with van der Waals surface area (Å²) in [6.45, 7) is 4.31. The van der Waals surface area contributed by atoms with Crippen LogP contribution in [-0.4, -0.2) is 4.57 Å². The van der Waals surface area contributed by atoms with Crippen molar-refractivity contribution in [3.63, 3.8) is 0 Å². The van der Waals surface area contributed by atoms with Gasteiger partial charge in [-0.1, -0.05) is 77.9 Å². The number of anilines is 2. The summed E-state index contributed by atoms with van der Waals surface area (Å²) in [4.78, 5) is 0. The lowest BCUT2D eigenvalue weighted by Crippen LogP contribution is -2.37. The third kappa shape index (κ3) is 2.99. The minimum absolute atomic E-state index is 0.894. The number of hydrogen-bond acceptors (Lipinski definition) is 1. The van der Waals surface area contributed by atoms with Gasteiger partial charge in [0.15, 0.2) is 0 Å². The normalized spacial score (nSPS) is 16.5. The fourth-order valence-corrected chi connectivity index (χ4v) is 10.5. The van der Waals surface area contributed by atoms with E-state index in [0.717, 1.165) is 49.9 Å². The van der Waals surface area contributed by atoms with E-state index in [0.29, 0.717) is 0 Å². The number of benzene rings is 6. The van der Waals surface area contributed by atoms with Gasteiger partial charge in [0.1, 0.15) is 0 Å². The third-order valence-electron chi connectivity index (χ3n) is 9.00. The van der Waals surface area contributed by atoms with Crippen LogP contribution >= 0.6 is 7.29 Å². The van der Waals surface area contributed by atoms with E-state index >= 15 is 4.57 Å². The highest BCUT2D eigenvalue weighted by Gasteiger charge is 2.47. The van der Waals surface area contributed by atoms with Crippen molar-refractivity contribution in [2.45, 2.75) is 13.8 Å². The maximum atomic E-state index is 15.6. The first-order valence-electron chi connectivity index (χ1n) is 14.4. The van der Waals surface area contributed by atoms with Gasteiger partial charge in [-0.15, -0.1) is 0 Å². The highest BCUT2D eigenvalue weighted by atomic mass is 31.2. The first-order valence-corrected chi connectivity index (χ1v) is 16.1. The molecule has 4 heteroatoms. The van der Waals surface area contributed by atoms with E-state index in [2.05, 4.69) is 126 Å². The molecule has 1 aromatic heterocycles. The SMILES string of the molecule is Cc1ccc2c(c1)c1cc(C)ccc1n2-c1ccc2c(c1)-c1ccccc1P1(=O)c3ccccc3-c3ccccc3N21. The van der Waals surface area contributed by atoms with Gasteiger partial charge in [-0.3, -0.25) is 9.24 Å². The van der Waals surface area contributed by atoms with E-state index in [1.165, 1.54) is 32.9 Å². The summed E-state index contributed by atoms with van der Waals surface area (Å²) in [5.41, 5.74) is 12.2. The second kappa shape index (κ2) is 8.35. The van der Waals surface area contributed by atoms with Crippen molar-refractivity contribution >= 4 is 51.1 Å². The smallest absolute Gasteiger partial charge is 0.235 e. The van der Waals surface area contributed by atoms with Gasteiger partial charge in [-0.2, -0.15) is 0 Å². The maximum absolute atomic E-state index is 15.6. The van der Waals surface area contributed by atoms with Gasteiger partial charge in [-0.25, -0.2) is 0 Å². The Balaban J connectivity index is 1.37. The van der Waals surface area contributed by atoms with Crippen molar-refractivity contribution in [2.24, 2.45) is 0 Å². The lowest BCUT2D eigenvalue weighted by atomic mass is 9.99. The molecule has 1 atom stereocenters. The molecule has 6 aromatic carbocycles. The maximum Gasteiger partial charge on any atom is 0.235 e. The average molecular weight is 559 g/mol. The van der Waals surface area contributed by atoms with Gasteiger partial charge < -0.3 is 4.57 Å². The number of aryl methyl sites for hydroxylation is 2. The molecule has 0 bridgehead atoms. The number of nitrogens with zero attached hydrogens (tertiary/aromatic N) is 2. The monoisotopic (exact) mass is 558 g/mol. The summed E-state index contributed by atoms with van der Waals surface area (Å²) < 4.78 is 20.2. The van der Waals surface area contributed by atoms with Crippen LogP contribution < -0.4 is 15.3 Å². The van der Waals surface area contributed by atoms with E-state index in [9.17, 15) is 0 Å². The molecule has 2 aliphatic rings. The van der Waals surface area contributed by atoms with E-state index in [-0.39, 0.29) is 0 Å². The van der Waals surface area contributed by atoms with E-state index < -0.39 is 7.29 Å². The van der Waals surface area contributed by atoms with Crippen LogP contribution in [0.25, 0.3) is 49.7 Å². The molecule has 1 unspecified atom stereocenters. The number of aromatic nitrogens is 1. The Bertz CT molecular complexity index is 2270. The number of hydrogen-bond donors (Lipinski definition) is 0. The number of rotatable bonds is 1. The van der Waals surface area contributed by atoms with Gasteiger partial charge in [0.2, 0.25) is 7.29 Å². The summed E-state index contributed by atoms with van der Waals surface area (Å²) in [7, 11) is -3.20. The molecule has 0 saturated carbocycles. The molecule has 0 fully saturated rings. The quantitative estimate of drug-likeness (QED) is 0.188. The molecule has 42 heavy (non-hydrogen) atoms. The molecule has 2 aliphatic heterocycles. The zero-order valence-corrected chi connectivity index (χ0v) is 24.3. The Morgan fingerprint density at radius 3 is 1.67 bits per heavy atom. The molecule has 0 N–H and O–H groups in total. The molecule has 0 spiro atoms. The molecule has 7 aromatic rings. The summed E-state index contributed by atoms with van der Waals surface area (Å²) in [6, 6.07) is 45.0. The van der Waals surface area contributed by atoms with E-state index in [4.69, 9.17) is 0 Å². The summed E-state index contributed by atoms with van der Waals surface area (Å²) >= 11 is 0. The molecular formula is C38H27N2OP. The zero-order valence-electron chi connectivity index (χ0n) is 23.4. The number of para-hydroxylation sites is 1. The molecule has 3 heterocycles. The highest BCUT2D eigenvalue weighted by molar-refractivity contribution is 7.81. The molecular weight excluding hydrogens is 531 g/mol. The molecule has 200 valence electrons. The molecule has 0 radical (unpaired) electrons. The summed E-state index contributed by atoms with van der Waals surface area (Å²) in [5, 5.41) is 4.32. The first-order chi connectivity index (χ1) is 20.5. The van der Waals surface area contributed by atoms with Gasteiger partial charge in [0, 0.05) is 38.2 Å². The zero-order chi connectivity index (χ0) is 28.2. The molecule has 3 nitrogen and oxygen atoms in total. The predicted octanol–water partition coefficient (Wildman–Crippen LogP) is 9.43. The molecule has 0 aliphatic carbocycles. The predicted molar refractivity (Wildman–Crippen MR) is 177 cm³/mol. The molecule has 0 amide bonds. The van der Waals surface area contributed by atoms with Crippen LogP contribution in [0.1, 0.15) is 11.1 Å². The Morgan fingerprint density at radius 2 is 1.02 bits per heavy atom. The second-order valence-electron chi connectivity index (χ2n) is 11.5. The van der Waals surface area contributed by atoms with Gasteiger partial charge in [0.25, 0.3) is 0 Å². The van der Waals surface area contributed by atoms with Gasteiger partial charge in [0.05, 0.1) is 22.4 Å². The number of fused-ring (bicyclic) bond motifs is 14. The summed E-state index contributed by atoms with van der Waals surface area (Å²) in [6.07, 6.45) is 0. The lowest BCUT2D eigenvalue weighted by Gasteiger charge is -2.44. The van der Waals surface area contributed by atoms with Crippen molar-refractivity contribution in [2.75, 3.05) is 4.67 Å². The fraction of sp³-hybridized carbons (Fsp3) is 0.0526. The van der Waals surface area contributed by atoms with Crippen molar-refractivity contribution in [1.82, 2.24) is 4.57 Å². The standard InChI is InChI=1S/C38H27N2OP/c1-24-15-18-33-30(21-24)31-22-25(2)16-19-34(31)39(33)26-17-20-36-32(23-26)29-11-5-8-14-38(29)42(41)37-13-7-4-10-28(37)27-9-3-6-12-35(27)40(36)42/h3-23H,1-2H3. The average Bonchev–Trinajstić information content (AvgIpc) is 3.34. The Hall–Kier alpha value is -4.85. The van der Waals surface area contributed by atoms with Crippen LogP contribution in [0.5, 0.6) is 0 Å². The third-order valence-corrected chi connectivity index (χ3v) is 12.1. The minimum atomic E-state index is -3.20. The van der Waals surface area contributed by atoms with E-state index in [1.54, 1.807) is 0 Å². The molecule has 9 rings (SSSR count). The topological polar surface area (TPSA) is 25.2 Å². The highest BCUT2D eigenvalue weighted by Crippen LogP contribution is 2.65. The van der Waals surface area contributed by atoms with Crippen LogP contribution in [0.15, 0.2) is 127 Å². The van der Waals surface area contributed by atoms with Crippen LogP contribution in [-0.2, 0) is 4.57 Å². The van der Waals surface area contributed by atoms with Crippen molar-refractivity contribution < 1.29 is 4.57 Å². The van der Waals surface area contributed by atoms with Crippen LogP contribution in [0, 0.1) is 13.8 Å². The van der Waals surface area contributed by atoms with Crippen molar-refractivity contribution in [1.29, 1.82) is 0 Å². The van der Waals surface area contributed by atoms with E-state index in [1.807, 2.05) is 24.3 Å². The minimum Gasteiger partial charge on any atom is -0.309 e. The van der Waals surface area contributed by atoms with Gasteiger partial charge >= 0.3 is 0 Å². The Morgan fingerprint density at radius 1 is 0.500 bits per heavy atom. The van der Waals surface area contributed by atoms with Crippen LogP contribution in [0.2, 0.25) is 0 Å². The van der Waals surface area contributed by atoms with Crippen molar-refractivity contribution in [3.8, 4) is 27.9 Å². The van der Waals surface area contributed by atoms with Crippen molar-refractivity contribution in [3.05, 3.63) is 139 Å². The lowest BCUT2D eigenvalue weighted by molar-refractivity contribution is 0.586. The fourth-order valence-electron chi connectivity index (χ4n) is 7.19.